The summed E-state index contributed by atoms with van der Waals surface area (Å²) in [5.41, 5.74) is 2.50. The Balaban J connectivity index is 1.54. The molecule has 0 atom stereocenters. The molecule has 7 nitrogen and oxygen atoms in total. The molecule has 0 saturated carbocycles. The fourth-order valence-corrected chi connectivity index (χ4v) is 3.72. The summed E-state index contributed by atoms with van der Waals surface area (Å²) in [6.07, 6.45) is 6.79. The highest BCUT2D eigenvalue weighted by Crippen LogP contribution is 2.20. The predicted octanol–water partition coefficient (Wildman–Crippen LogP) is 2.16. The van der Waals surface area contributed by atoms with E-state index in [1.165, 1.54) is 37.1 Å². The number of hydrogen-bond acceptors (Lipinski definition) is 5. The van der Waals surface area contributed by atoms with Crippen LogP contribution in [0, 0.1) is 12.8 Å². The van der Waals surface area contributed by atoms with Crippen LogP contribution in [0.4, 0.5) is 0 Å². The molecule has 0 spiro atoms. The lowest BCUT2D eigenvalue weighted by Gasteiger charge is -2.28. The molecule has 142 valence electrons. The number of hydrogen-bond donors (Lipinski definition) is 0. The molecule has 0 radical (unpaired) electrons. The van der Waals surface area contributed by atoms with Gasteiger partial charge in [0.05, 0.1) is 18.9 Å². The molecule has 3 aromatic rings. The lowest BCUT2D eigenvalue weighted by Crippen LogP contribution is -2.31. The average Bonchev–Trinajstić information content (AvgIpc) is 3.28. The molecule has 7 heteroatoms. The number of nitrogens with zero attached hydrogens (tertiary/aromatic N) is 7. The highest BCUT2D eigenvalue weighted by Gasteiger charge is 2.20. The molecular formula is C20H27N7. The molecular weight excluding hydrogens is 338 g/mol. The third kappa shape index (κ3) is 4.60. The number of benzene rings is 1. The largest absolute Gasteiger partial charge is 0.306 e. The molecule has 3 heterocycles. The fraction of sp³-hybridized carbons (Fsp3) is 0.500. The zero-order valence-electron chi connectivity index (χ0n) is 16.1. The van der Waals surface area contributed by atoms with Gasteiger partial charge in [0.15, 0.2) is 11.6 Å². The van der Waals surface area contributed by atoms with Crippen molar-refractivity contribution >= 4 is 0 Å². The summed E-state index contributed by atoms with van der Waals surface area (Å²) in [4.78, 5) is 8.91. The van der Waals surface area contributed by atoms with Crippen LogP contribution in [-0.4, -0.2) is 54.8 Å². The van der Waals surface area contributed by atoms with E-state index < -0.39 is 0 Å². The summed E-state index contributed by atoms with van der Waals surface area (Å²) in [7, 11) is 2.19. The SMILES string of the molecule is Cc1cccc(Cn2nc(CC3CCN(C)CC3)nc2Cn2nccn2)c1. The molecule has 1 fully saturated rings. The number of piperidine rings is 1. The summed E-state index contributed by atoms with van der Waals surface area (Å²) in [6.45, 7) is 5.71. The minimum Gasteiger partial charge on any atom is -0.306 e. The first-order valence-electron chi connectivity index (χ1n) is 9.66. The molecule has 0 amide bonds. The summed E-state index contributed by atoms with van der Waals surface area (Å²) >= 11 is 0. The van der Waals surface area contributed by atoms with Gasteiger partial charge in [-0.05, 0) is 51.4 Å². The van der Waals surface area contributed by atoms with Crippen molar-refractivity contribution in [1.82, 2.24) is 34.7 Å². The van der Waals surface area contributed by atoms with Gasteiger partial charge in [0.2, 0.25) is 0 Å². The van der Waals surface area contributed by atoms with Crippen molar-refractivity contribution in [2.45, 2.75) is 39.3 Å². The summed E-state index contributed by atoms with van der Waals surface area (Å²) in [5, 5.41) is 13.3. The molecule has 4 rings (SSSR count). The van der Waals surface area contributed by atoms with E-state index in [1.54, 1.807) is 17.2 Å². The first-order chi connectivity index (χ1) is 13.2. The Labute approximate surface area is 160 Å². The van der Waals surface area contributed by atoms with Crippen molar-refractivity contribution < 1.29 is 0 Å². The minimum atomic E-state index is 0.541. The van der Waals surface area contributed by atoms with E-state index in [1.807, 2.05) is 4.68 Å². The summed E-state index contributed by atoms with van der Waals surface area (Å²) in [5.74, 6) is 2.53. The van der Waals surface area contributed by atoms with Crippen LogP contribution >= 0.6 is 0 Å². The molecule has 1 saturated heterocycles. The van der Waals surface area contributed by atoms with E-state index in [0.29, 0.717) is 12.5 Å². The van der Waals surface area contributed by atoms with Crippen molar-refractivity contribution in [3.05, 3.63) is 59.4 Å². The Kier molecular flexibility index (Phi) is 5.29. The molecule has 0 unspecified atom stereocenters. The Morgan fingerprint density at radius 2 is 1.85 bits per heavy atom. The Hall–Kier alpha value is -2.54. The summed E-state index contributed by atoms with van der Waals surface area (Å²) in [6, 6.07) is 8.55. The second-order valence-electron chi connectivity index (χ2n) is 7.60. The van der Waals surface area contributed by atoms with Crippen molar-refractivity contribution in [2.75, 3.05) is 20.1 Å². The zero-order valence-corrected chi connectivity index (χ0v) is 16.1. The van der Waals surface area contributed by atoms with Crippen LogP contribution in [0.25, 0.3) is 0 Å². The molecule has 27 heavy (non-hydrogen) atoms. The lowest BCUT2D eigenvalue weighted by atomic mass is 9.94. The highest BCUT2D eigenvalue weighted by molar-refractivity contribution is 5.22. The second kappa shape index (κ2) is 8.00. The predicted molar refractivity (Wildman–Crippen MR) is 103 cm³/mol. The maximum Gasteiger partial charge on any atom is 0.151 e. The molecule has 0 bridgehead atoms. The van der Waals surface area contributed by atoms with Crippen molar-refractivity contribution in [3.8, 4) is 0 Å². The maximum atomic E-state index is 4.85. The monoisotopic (exact) mass is 365 g/mol. The Morgan fingerprint density at radius 3 is 2.59 bits per heavy atom. The van der Waals surface area contributed by atoms with Crippen molar-refractivity contribution in [3.63, 3.8) is 0 Å². The van der Waals surface area contributed by atoms with Gasteiger partial charge in [0, 0.05) is 6.42 Å². The number of aromatic nitrogens is 6. The van der Waals surface area contributed by atoms with E-state index in [-0.39, 0.29) is 0 Å². The van der Waals surface area contributed by atoms with E-state index in [9.17, 15) is 0 Å². The normalized spacial score (nSPS) is 16.1. The first kappa shape index (κ1) is 17.9. The van der Waals surface area contributed by atoms with Gasteiger partial charge in [0.1, 0.15) is 6.54 Å². The maximum absolute atomic E-state index is 4.85. The van der Waals surface area contributed by atoms with Crippen LogP contribution in [-0.2, 0) is 19.5 Å². The molecule has 1 aliphatic rings. The summed E-state index contributed by atoms with van der Waals surface area (Å²) < 4.78 is 2.02. The van der Waals surface area contributed by atoms with Crippen LogP contribution < -0.4 is 0 Å². The van der Waals surface area contributed by atoms with Crippen LogP contribution in [0.3, 0.4) is 0 Å². The van der Waals surface area contributed by atoms with E-state index in [2.05, 4.69) is 53.3 Å². The van der Waals surface area contributed by atoms with Gasteiger partial charge in [-0.2, -0.15) is 20.1 Å². The second-order valence-corrected chi connectivity index (χ2v) is 7.60. The third-order valence-corrected chi connectivity index (χ3v) is 5.27. The Bertz CT molecular complexity index is 860. The lowest BCUT2D eigenvalue weighted by molar-refractivity contribution is 0.217. The fourth-order valence-electron chi connectivity index (χ4n) is 3.72. The van der Waals surface area contributed by atoms with E-state index in [4.69, 9.17) is 10.1 Å². The van der Waals surface area contributed by atoms with Crippen LogP contribution in [0.5, 0.6) is 0 Å². The average molecular weight is 365 g/mol. The topological polar surface area (TPSA) is 64.7 Å². The highest BCUT2D eigenvalue weighted by atomic mass is 15.5. The van der Waals surface area contributed by atoms with E-state index >= 15 is 0 Å². The van der Waals surface area contributed by atoms with Gasteiger partial charge < -0.3 is 4.90 Å². The van der Waals surface area contributed by atoms with Gasteiger partial charge >= 0.3 is 0 Å². The van der Waals surface area contributed by atoms with E-state index in [0.717, 1.165) is 24.6 Å². The smallest absolute Gasteiger partial charge is 0.151 e. The molecule has 1 aromatic carbocycles. The van der Waals surface area contributed by atoms with Crippen molar-refractivity contribution in [1.29, 1.82) is 0 Å². The zero-order chi connectivity index (χ0) is 18.6. The van der Waals surface area contributed by atoms with Gasteiger partial charge in [-0.15, -0.1) is 0 Å². The van der Waals surface area contributed by atoms with Crippen LogP contribution in [0.15, 0.2) is 36.7 Å². The van der Waals surface area contributed by atoms with Gasteiger partial charge in [-0.25, -0.2) is 9.67 Å². The molecule has 0 aliphatic carbocycles. The number of rotatable bonds is 6. The first-order valence-corrected chi connectivity index (χ1v) is 9.66. The van der Waals surface area contributed by atoms with Crippen LogP contribution in [0.1, 0.15) is 35.6 Å². The molecule has 2 aromatic heterocycles. The third-order valence-electron chi connectivity index (χ3n) is 5.27. The molecule has 1 aliphatic heterocycles. The van der Waals surface area contributed by atoms with Crippen LogP contribution in [0.2, 0.25) is 0 Å². The minimum absolute atomic E-state index is 0.541. The standard InChI is InChI=1S/C20H27N7/c1-16-4-3-5-18(12-16)14-26-20(15-27-21-8-9-22-27)23-19(24-26)13-17-6-10-25(2)11-7-17/h3-5,8-9,12,17H,6-7,10-11,13-15H2,1-2H3. The Morgan fingerprint density at radius 1 is 1.07 bits per heavy atom. The molecule has 0 N–H and O–H groups in total. The number of aryl methyl sites for hydroxylation is 1. The van der Waals surface area contributed by atoms with Gasteiger partial charge in [0.25, 0.3) is 0 Å². The van der Waals surface area contributed by atoms with Crippen molar-refractivity contribution in [2.24, 2.45) is 5.92 Å². The van der Waals surface area contributed by atoms with Gasteiger partial charge in [-0.1, -0.05) is 29.8 Å². The quantitative estimate of drug-likeness (QED) is 0.670. The number of likely N-dealkylation sites (tertiary alicyclic amines) is 1. The van der Waals surface area contributed by atoms with Gasteiger partial charge in [-0.3, -0.25) is 0 Å².